The number of rotatable bonds is 6. The van der Waals surface area contributed by atoms with E-state index in [1.807, 2.05) is 13.8 Å². The summed E-state index contributed by atoms with van der Waals surface area (Å²) in [5.41, 5.74) is 0. The predicted octanol–water partition coefficient (Wildman–Crippen LogP) is 1.17. The number of ether oxygens (including phenoxy) is 2. The van der Waals surface area contributed by atoms with Gasteiger partial charge >= 0.3 is 5.97 Å². The van der Waals surface area contributed by atoms with Crippen LogP contribution in [0.1, 0.15) is 39.5 Å². The first-order chi connectivity index (χ1) is 9.68. The molecule has 20 heavy (non-hydrogen) atoms. The molecular formula is C15H28N2O3. The molecule has 5 nitrogen and oxygen atoms in total. The molecule has 0 saturated carbocycles. The summed E-state index contributed by atoms with van der Waals surface area (Å²) in [7, 11) is 0. The van der Waals surface area contributed by atoms with E-state index in [-0.39, 0.29) is 18.1 Å². The lowest BCUT2D eigenvalue weighted by Gasteiger charge is -2.34. The average molecular weight is 284 g/mol. The Kier molecular flexibility index (Phi) is 6.26. The first-order valence-electron chi connectivity index (χ1n) is 7.93. The third-order valence-electron chi connectivity index (χ3n) is 4.12. The van der Waals surface area contributed by atoms with Crippen molar-refractivity contribution >= 4 is 5.97 Å². The summed E-state index contributed by atoms with van der Waals surface area (Å²) in [4.78, 5) is 14.6. The van der Waals surface area contributed by atoms with Gasteiger partial charge in [-0.15, -0.1) is 0 Å². The van der Waals surface area contributed by atoms with E-state index >= 15 is 0 Å². The van der Waals surface area contributed by atoms with E-state index in [4.69, 9.17) is 9.47 Å². The Balaban J connectivity index is 1.75. The first kappa shape index (κ1) is 15.7. The molecule has 0 amide bonds. The van der Waals surface area contributed by atoms with Gasteiger partial charge in [-0.1, -0.05) is 0 Å². The second-order valence-corrected chi connectivity index (χ2v) is 5.96. The van der Waals surface area contributed by atoms with Gasteiger partial charge in [-0.25, -0.2) is 0 Å². The van der Waals surface area contributed by atoms with Gasteiger partial charge in [0.05, 0.1) is 12.7 Å². The summed E-state index contributed by atoms with van der Waals surface area (Å²) in [6.07, 6.45) is 4.51. The number of carbonyl (C=O) groups is 1. The fraction of sp³-hybridized carbons (Fsp3) is 0.933. The maximum atomic E-state index is 12.2. The van der Waals surface area contributed by atoms with E-state index < -0.39 is 0 Å². The van der Waals surface area contributed by atoms with Crippen molar-refractivity contribution in [2.45, 2.75) is 57.7 Å². The lowest BCUT2D eigenvalue weighted by molar-refractivity contribution is -0.152. The van der Waals surface area contributed by atoms with Crippen molar-refractivity contribution in [1.29, 1.82) is 0 Å². The number of likely N-dealkylation sites (tertiary alicyclic amines) is 1. The molecule has 2 saturated heterocycles. The van der Waals surface area contributed by atoms with E-state index in [9.17, 15) is 4.79 Å². The SMILES string of the molecule is CC(C)OCCOC(=O)C1CCCN1C1CCNCC1. The second-order valence-electron chi connectivity index (χ2n) is 5.96. The standard InChI is InChI=1S/C15H28N2O3/c1-12(2)19-10-11-20-15(18)14-4-3-9-17(14)13-5-7-16-8-6-13/h12-14,16H,3-11H2,1-2H3. The third kappa shape index (κ3) is 4.43. The molecule has 2 rings (SSSR count). The molecule has 0 radical (unpaired) electrons. The molecule has 0 aromatic carbocycles. The van der Waals surface area contributed by atoms with Gasteiger partial charge in [-0.05, 0) is 59.2 Å². The molecule has 0 bridgehead atoms. The molecule has 116 valence electrons. The molecule has 0 aromatic rings. The Bertz CT molecular complexity index is 303. The number of carbonyl (C=O) groups excluding carboxylic acids is 1. The minimum atomic E-state index is -0.0617. The summed E-state index contributed by atoms with van der Waals surface area (Å²) in [6.45, 7) is 7.98. The predicted molar refractivity (Wildman–Crippen MR) is 77.7 cm³/mol. The molecule has 2 fully saturated rings. The molecule has 0 aliphatic carbocycles. The van der Waals surface area contributed by atoms with Crippen molar-refractivity contribution in [3.8, 4) is 0 Å². The quantitative estimate of drug-likeness (QED) is 0.586. The molecule has 2 heterocycles. The normalized spacial score (nSPS) is 25.2. The van der Waals surface area contributed by atoms with Crippen LogP contribution in [0, 0.1) is 0 Å². The summed E-state index contributed by atoms with van der Waals surface area (Å²) in [6, 6.07) is 0.514. The number of nitrogens with zero attached hydrogens (tertiary/aromatic N) is 1. The molecule has 2 aliphatic rings. The first-order valence-corrected chi connectivity index (χ1v) is 7.93. The largest absolute Gasteiger partial charge is 0.462 e. The van der Waals surface area contributed by atoms with Crippen LogP contribution in [0.15, 0.2) is 0 Å². The number of esters is 1. The van der Waals surface area contributed by atoms with Gasteiger partial charge in [-0.2, -0.15) is 0 Å². The van der Waals surface area contributed by atoms with Crippen molar-refractivity contribution < 1.29 is 14.3 Å². The van der Waals surface area contributed by atoms with Crippen LogP contribution in [0.5, 0.6) is 0 Å². The molecule has 0 aromatic heterocycles. The molecule has 2 aliphatic heterocycles. The smallest absolute Gasteiger partial charge is 0.323 e. The van der Waals surface area contributed by atoms with Crippen LogP contribution in [0.2, 0.25) is 0 Å². The van der Waals surface area contributed by atoms with Crippen LogP contribution in [-0.2, 0) is 14.3 Å². The topological polar surface area (TPSA) is 50.8 Å². The summed E-state index contributed by atoms with van der Waals surface area (Å²) < 4.78 is 10.8. The van der Waals surface area contributed by atoms with Crippen molar-refractivity contribution in [1.82, 2.24) is 10.2 Å². The Hall–Kier alpha value is -0.650. The number of piperidine rings is 1. The maximum Gasteiger partial charge on any atom is 0.323 e. The van der Waals surface area contributed by atoms with Gasteiger partial charge in [0, 0.05) is 6.04 Å². The molecule has 0 spiro atoms. The van der Waals surface area contributed by atoms with Gasteiger partial charge < -0.3 is 14.8 Å². The molecular weight excluding hydrogens is 256 g/mol. The zero-order valence-electron chi connectivity index (χ0n) is 12.8. The lowest BCUT2D eigenvalue weighted by Crippen LogP contribution is -2.48. The van der Waals surface area contributed by atoms with Crippen LogP contribution in [-0.4, -0.2) is 61.9 Å². The second kappa shape index (κ2) is 7.96. The maximum absolute atomic E-state index is 12.2. The van der Waals surface area contributed by atoms with E-state index in [0.29, 0.717) is 19.3 Å². The highest BCUT2D eigenvalue weighted by molar-refractivity contribution is 5.76. The van der Waals surface area contributed by atoms with Crippen LogP contribution in [0.4, 0.5) is 0 Å². The molecule has 1 unspecified atom stereocenters. The van der Waals surface area contributed by atoms with Crippen molar-refractivity contribution in [3.05, 3.63) is 0 Å². The Morgan fingerprint density at radius 2 is 2.00 bits per heavy atom. The fourth-order valence-electron chi connectivity index (χ4n) is 3.14. The highest BCUT2D eigenvalue weighted by Crippen LogP contribution is 2.25. The van der Waals surface area contributed by atoms with Gasteiger partial charge in [0.25, 0.3) is 0 Å². The average Bonchev–Trinajstić information content (AvgIpc) is 2.93. The van der Waals surface area contributed by atoms with Crippen LogP contribution in [0.25, 0.3) is 0 Å². The summed E-state index contributed by atoms with van der Waals surface area (Å²) in [5, 5.41) is 3.38. The molecule has 5 heteroatoms. The van der Waals surface area contributed by atoms with Gasteiger partial charge in [0.1, 0.15) is 12.6 Å². The summed E-state index contributed by atoms with van der Waals surface area (Å²) in [5.74, 6) is -0.0617. The van der Waals surface area contributed by atoms with Gasteiger partial charge in [-0.3, -0.25) is 9.69 Å². The molecule has 1 N–H and O–H groups in total. The van der Waals surface area contributed by atoms with Gasteiger partial charge in [0.15, 0.2) is 0 Å². The monoisotopic (exact) mass is 284 g/mol. The zero-order valence-corrected chi connectivity index (χ0v) is 12.8. The van der Waals surface area contributed by atoms with Crippen molar-refractivity contribution in [2.75, 3.05) is 32.8 Å². The van der Waals surface area contributed by atoms with Crippen molar-refractivity contribution in [2.24, 2.45) is 0 Å². The van der Waals surface area contributed by atoms with Crippen LogP contribution < -0.4 is 5.32 Å². The molecule has 1 atom stereocenters. The van der Waals surface area contributed by atoms with Gasteiger partial charge in [0.2, 0.25) is 0 Å². The fourth-order valence-corrected chi connectivity index (χ4v) is 3.14. The van der Waals surface area contributed by atoms with E-state index in [2.05, 4.69) is 10.2 Å². The highest BCUT2D eigenvalue weighted by atomic mass is 16.6. The Morgan fingerprint density at radius 3 is 2.70 bits per heavy atom. The Labute approximate surface area is 122 Å². The van der Waals surface area contributed by atoms with Crippen LogP contribution >= 0.6 is 0 Å². The number of hydrogen-bond donors (Lipinski definition) is 1. The van der Waals surface area contributed by atoms with E-state index in [0.717, 1.165) is 45.3 Å². The Morgan fingerprint density at radius 1 is 1.25 bits per heavy atom. The number of hydrogen-bond acceptors (Lipinski definition) is 5. The zero-order chi connectivity index (χ0) is 14.4. The lowest BCUT2D eigenvalue weighted by atomic mass is 10.0. The third-order valence-corrected chi connectivity index (χ3v) is 4.12. The van der Waals surface area contributed by atoms with E-state index in [1.165, 1.54) is 0 Å². The van der Waals surface area contributed by atoms with Crippen molar-refractivity contribution in [3.63, 3.8) is 0 Å². The van der Waals surface area contributed by atoms with Crippen LogP contribution in [0.3, 0.4) is 0 Å². The van der Waals surface area contributed by atoms with E-state index in [1.54, 1.807) is 0 Å². The minimum absolute atomic E-state index is 0.0304. The highest BCUT2D eigenvalue weighted by Gasteiger charge is 2.36. The number of nitrogens with one attached hydrogen (secondary N) is 1. The minimum Gasteiger partial charge on any atom is -0.462 e. The summed E-state index contributed by atoms with van der Waals surface area (Å²) >= 11 is 0.